The quantitative estimate of drug-likeness (QED) is 0.571. The van der Waals surface area contributed by atoms with Crippen LogP contribution in [0.1, 0.15) is 38.5 Å². The lowest BCUT2D eigenvalue weighted by Gasteiger charge is -2.59. The number of aliphatic hydroxyl groups excluding tert-OH is 3. The molecule has 3 spiro atoms. The Bertz CT molecular complexity index is 327. The van der Waals surface area contributed by atoms with Crippen LogP contribution < -0.4 is 0 Å². The van der Waals surface area contributed by atoms with Crippen molar-refractivity contribution in [3.05, 3.63) is 0 Å². The minimum atomic E-state index is -1.08. The molecule has 4 fully saturated rings. The number of ether oxygens (including phenoxy) is 3. The lowest BCUT2D eigenvalue weighted by Crippen LogP contribution is -2.80. The minimum absolute atomic E-state index is 0.510. The highest BCUT2D eigenvalue weighted by atomic mass is 16.6. The Labute approximate surface area is 124 Å². The molecule has 0 unspecified atom stereocenters. The summed E-state index contributed by atoms with van der Waals surface area (Å²) in [5, 5.41) is 32.9. The Morgan fingerprint density at radius 3 is 1.05 bits per heavy atom. The van der Waals surface area contributed by atoms with Crippen LogP contribution in [0.3, 0.4) is 0 Å². The molecule has 120 valence electrons. The van der Waals surface area contributed by atoms with Gasteiger partial charge in [0.1, 0.15) is 35.1 Å². The fourth-order valence-corrected chi connectivity index (χ4v) is 5.03. The number of aliphatic hydroxyl groups is 3. The first kappa shape index (κ1) is 14.4. The van der Waals surface area contributed by atoms with Gasteiger partial charge in [-0.25, -0.2) is 0 Å². The van der Waals surface area contributed by atoms with Crippen molar-refractivity contribution in [1.82, 2.24) is 0 Å². The second kappa shape index (κ2) is 4.63. The normalized spacial score (nSPS) is 57.0. The zero-order valence-corrected chi connectivity index (χ0v) is 12.2. The van der Waals surface area contributed by atoms with Crippen LogP contribution in [0.25, 0.3) is 0 Å². The number of rotatable bonds is 0. The van der Waals surface area contributed by atoms with E-state index in [4.69, 9.17) is 14.2 Å². The van der Waals surface area contributed by atoms with Gasteiger partial charge in [-0.15, -0.1) is 0 Å². The van der Waals surface area contributed by atoms with Gasteiger partial charge < -0.3 is 29.5 Å². The van der Waals surface area contributed by atoms with E-state index >= 15 is 0 Å². The van der Waals surface area contributed by atoms with Gasteiger partial charge in [0.05, 0.1) is 0 Å². The minimum Gasteiger partial charge on any atom is -0.387 e. The molecule has 4 rings (SSSR count). The predicted molar refractivity (Wildman–Crippen MR) is 71.8 cm³/mol. The summed E-state index contributed by atoms with van der Waals surface area (Å²) in [7, 11) is 0. The third kappa shape index (κ3) is 1.58. The predicted octanol–water partition coefficient (Wildman–Crippen LogP) is -0.270. The topological polar surface area (TPSA) is 88.4 Å². The van der Waals surface area contributed by atoms with Crippen molar-refractivity contribution >= 4 is 0 Å². The summed E-state index contributed by atoms with van der Waals surface area (Å²) in [6, 6.07) is 0. The Balaban J connectivity index is 1.83. The molecule has 3 saturated heterocycles. The van der Waals surface area contributed by atoms with Crippen LogP contribution >= 0.6 is 0 Å². The lowest BCUT2D eigenvalue weighted by molar-refractivity contribution is -0.338. The van der Waals surface area contributed by atoms with Crippen molar-refractivity contribution < 1.29 is 29.5 Å². The molecule has 0 aromatic carbocycles. The van der Waals surface area contributed by atoms with Gasteiger partial charge in [0.25, 0.3) is 0 Å². The average Bonchev–Trinajstić information content (AvgIpc) is 3.24. The Morgan fingerprint density at radius 1 is 0.571 bits per heavy atom. The van der Waals surface area contributed by atoms with E-state index in [1.54, 1.807) is 0 Å². The van der Waals surface area contributed by atoms with Gasteiger partial charge in [0.2, 0.25) is 0 Å². The second-order valence-corrected chi connectivity index (χ2v) is 6.93. The van der Waals surface area contributed by atoms with E-state index in [2.05, 4.69) is 0 Å². The third-order valence-corrected chi connectivity index (χ3v) is 6.03. The van der Waals surface area contributed by atoms with Crippen molar-refractivity contribution in [3.8, 4) is 0 Å². The SMILES string of the molecule is OC1C2(CCCO2)C(O)C2(CCCO2)C(O)C12CCCO2. The van der Waals surface area contributed by atoms with Gasteiger partial charge in [0.15, 0.2) is 0 Å². The van der Waals surface area contributed by atoms with E-state index in [1.165, 1.54) is 0 Å². The molecule has 0 aromatic rings. The average molecular weight is 300 g/mol. The molecule has 0 bridgehead atoms. The van der Waals surface area contributed by atoms with Crippen LogP contribution in [0.2, 0.25) is 0 Å². The monoisotopic (exact) mass is 300 g/mol. The summed E-state index contributed by atoms with van der Waals surface area (Å²) in [5.41, 5.74) is -3.23. The van der Waals surface area contributed by atoms with E-state index in [0.717, 1.165) is 19.3 Å². The molecule has 0 aromatic heterocycles. The van der Waals surface area contributed by atoms with Crippen molar-refractivity contribution in [2.24, 2.45) is 0 Å². The summed E-state index contributed by atoms with van der Waals surface area (Å²) < 4.78 is 17.6. The van der Waals surface area contributed by atoms with E-state index in [0.29, 0.717) is 39.1 Å². The first-order valence-electron chi connectivity index (χ1n) is 8.05. The second-order valence-electron chi connectivity index (χ2n) is 6.93. The molecule has 4 aliphatic rings. The van der Waals surface area contributed by atoms with E-state index in [9.17, 15) is 15.3 Å². The van der Waals surface area contributed by atoms with Gasteiger partial charge in [-0.3, -0.25) is 0 Å². The highest BCUT2D eigenvalue weighted by Crippen LogP contribution is 2.56. The fourth-order valence-electron chi connectivity index (χ4n) is 5.03. The van der Waals surface area contributed by atoms with Gasteiger partial charge in [0, 0.05) is 19.8 Å². The Hall–Kier alpha value is -0.240. The Morgan fingerprint density at radius 2 is 0.857 bits per heavy atom. The standard InChI is InChI=1S/C15H24O6/c16-10-13(4-1-7-19-13)11(17)15(6-3-9-21-15)12(18)14(10)5-2-8-20-14/h10-12,16-18H,1-9H2. The molecule has 6 heteroatoms. The summed E-state index contributed by atoms with van der Waals surface area (Å²) >= 11 is 0. The first-order valence-corrected chi connectivity index (χ1v) is 8.05. The van der Waals surface area contributed by atoms with Crippen molar-refractivity contribution in [1.29, 1.82) is 0 Å². The zero-order chi connectivity index (χ0) is 14.7. The van der Waals surface area contributed by atoms with Crippen LogP contribution in [0.15, 0.2) is 0 Å². The summed E-state index contributed by atoms with van der Waals surface area (Å²) in [4.78, 5) is 0. The van der Waals surface area contributed by atoms with Crippen LogP contribution in [0.4, 0.5) is 0 Å². The van der Waals surface area contributed by atoms with Gasteiger partial charge in [-0.1, -0.05) is 0 Å². The molecule has 21 heavy (non-hydrogen) atoms. The smallest absolute Gasteiger partial charge is 0.126 e. The molecule has 6 nitrogen and oxygen atoms in total. The molecular formula is C15H24O6. The van der Waals surface area contributed by atoms with Gasteiger partial charge in [-0.05, 0) is 38.5 Å². The van der Waals surface area contributed by atoms with E-state index in [-0.39, 0.29) is 0 Å². The zero-order valence-electron chi connectivity index (χ0n) is 12.2. The van der Waals surface area contributed by atoms with Crippen molar-refractivity contribution in [2.45, 2.75) is 73.6 Å². The highest BCUT2D eigenvalue weighted by molar-refractivity contribution is 5.25. The van der Waals surface area contributed by atoms with Gasteiger partial charge in [-0.2, -0.15) is 0 Å². The van der Waals surface area contributed by atoms with E-state index in [1.807, 2.05) is 0 Å². The molecule has 3 N–H and O–H groups in total. The van der Waals surface area contributed by atoms with Crippen LogP contribution in [0.5, 0.6) is 0 Å². The highest BCUT2D eigenvalue weighted by Gasteiger charge is 2.74. The number of hydrogen-bond donors (Lipinski definition) is 3. The van der Waals surface area contributed by atoms with Crippen molar-refractivity contribution in [2.75, 3.05) is 19.8 Å². The molecule has 3 heterocycles. The van der Waals surface area contributed by atoms with Crippen LogP contribution in [-0.4, -0.2) is 70.3 Å². The Kier molecular flexibility index (Phi) is 3.17. The molecule has 1 aliphatic carbocycles. The molecule has 0 radical (unpaired) electrons. The molecule has 1 saturated carbocycles. The summed E-state index contributed by atoms with van der Waals surface area (Å²) in [5.74, 6) is 0. The van der Waals surface area contributed by atoms with Crippen LogP contribution in [-0.2, 0) is 14.2 Å². The summed E-state index contributed by atoms with van der Waals surface area (Å²) in [6.45, 7) is 1.53. The molecule has 0 atom stereocenters. The fraction of sp³-hybridized carbons (Fsp3) is 1.00. The lowest BCUT2D eigenvalue weighted by atomic mass is 9.59. The molecule has 0 amide bonds. The largest absolute Gasteiger partial charge is 0.387 e. The maximum absolute atomic E-state index is 11.0. The molecule has 3 aliphatic heterocycles. The number of hydrogen-bond acceptors (Lipinski definition) is 6. The first-order chi connectivity index (χ1) is 10.1. The third-order valence-electron chi connectivity index (χ3n) is 6.03. The van der Waals surface area contributed by atoms with E-state index < -0.39 is 35.1 Å². The van der Waals surface area contributed by atoms with Crippen LogP contribution in [0, 0.1) is 0 Å². The maximum atomic E-state index is 11.0. The maximum Gasteiger partial charge on any atom is 0.126 e. The summed E-state index contributed by atoms with van der Waals surface area (Å²) in [6.07, 6.45) is 0.970. The van der Waals surface area contributed by atoms with Gasteiger partial charge >= 0.3 is 0 Å². The molecular weight excluding hydrogens is 276 g/mol. The van der Waals surface area contributed by atoms with Crippen molar-refractivity contribution in [3.63, 3.8) is 0 Å².